The van der Waals surface area contributed by atoms with Gasteiger partial charge >= 0.3 is 0 Å². The lowest BCUT2D eigenvalue weighted by atomic mass is 10.2. The minimum Gasteiger partial charge on any atom is -0.264 e. The van der Waals surface area contributed by atoms with Crippen LogP contribution in [0.25, 0.3) is 11.1 Å². The van der Waals surface area contributed by atoms with E-state index in [1.54, 1.807) is 17.5 Å². The van der Waals surface area contributed by atoms with E-state index in [1.165, 1.54) is 0 Å². The standard InChI is InChI=1S/C9H6NS/c1-2-8(6-10-4-1)9-3-5-11-7-9/h1-6H. The zero-order chi connectivity index (χ0) is 7.52. The molecule has 0 aromatic carbocycles. The molecule has 0 bridgehead atoms. The van der Waals surface area contributed by atoms with E-state index < -0.39 is 0 Å². The summed E-state index contributed by atoms with van der Waals surface area (Å²) in [7, 11) is 0. The van der Waals surface area contributed by atoms with Crippen molar-refractivity contribution in [2.45, 2.75) is 0 Å². The first kappa shape index (κ1) is 6.55. The van der Waals surface area contributed by atoms with Crippen LogP contribution in [-0.2, 0) is 0 Å². The molecule has 2 aromatic rings. The highest BCUT2D eigenvalue weighted by Gasteiger charge is 1.95. The van der Waals surface area contributed by atoms with Crippen LogP contribution >= 0.6 is 11.3 Å². The maximum atomic E-state index is 4.03. The van der Waals surface area contributed by atoms with Crippen molar-refractivity contribution < 1.29 is 0 Å². The smallest absolute Gasteiger partial charge is 0.0527 e. The Balaban J connectivity index is 2.46. The summed E-state index contributed by atoms with van der Waals surface area (Å²) in [5.41, 5.74) is 2.26. The summed E-state index contributed by atoms with van der Waals surface area (Å²) in [6.45, 7) is 0. The van der Waals surface area contributed by atoms with Crippen molar-refractivity contribution in [1.82, 2.24) is 4.98 Å². The van der Waals surface area contributed by atoms with E-state index in [0.29, 0.717) is 0 Å². The van der Waals surface area contributed by atoms with Gasteiger partial charge in [-0.15, -0.1) is 11.3 Å². The molecule has 0 aliphatic heterocycles. The van der Waals surface area contributed by atoms with Gasteiger partial charge in [0.15, 0.2) is 0 Å². The molecule has 2 heteroatoms. The number of nitrogens with zero attached hydrogens (tertiary/aromatic N) is 1. The van der Waals surface area contributed by atoms with Crippen LogP contribution in [0.3, 0.4) is 0 Å². The van der Waals surface area contributed by atoms with E-state index in [4.69, 9.17) is 0 Å². The van der Waals surface area contributed by atoms with Gasteiger partial charge in [0.1, 0.15) is 0 Å². The van der Waals surface area contributed by atoms with Crippen LogP contribution in [0.4, 0.5) is 0 Å². The van der Waals surface area contributed by atoms with Crippen LogP contribution in [0.5, 0.6) is 0 Å². The molecule has 2 aromatic heterocycles. The summed E-state index contributed by atoms with van der Waals surface area (Å²) < 4.78 is 0. The van der Waals surface area contributed by atoms with Gasteiger partial charge in [0.05, 0.1) is 5.38 Å². The molecule has 11 heavy (non-hydrogen) atoms. The summed E-state index contributed by atoms with van der Waals surface area (Å²) >= 11 is 1.58. The normalized spacial score (nSPS) is 9.82. The first-order chi connectivity index (χ1) is 5.47. The van der Waals surface area contributed by atoms with Crippen LogP contribution in [0.2, 0.25) is 0 Å². The number of pyridine rings is 1. The Morgan fingerprint density at radius 3 is 3.00 bits per heavy atom. The second-order valence-corrected chi connectivity index (χ2v) is 2.89. The molecule has 2 heterocycles. The van der Waals surface area contributed by atoms with Crippen LogP contribution in [0.1, 0.15) is 0 Å². The van der Waals surface area contributed by atoms with Gasteiger partial charge in [0, 0.05) is 23.5 Å². The Bertz CT molecular complexity index is 313. The lowest BCUT2D eigenvalue weighted by Gasteiger charge is -1.92. The summed E-state index contributed by atoms with van der Waals surface area (Å²) in [6, 6.07) is 6.01. The first-order valence-electron chi connectivity index (χ1n) is 3.32. The minimum atomic E-state index is 1.13. The van der Waals surface area contributed by atoms with Crippen molar-refractivity contribution in [2.24, 2.45) is 0 Å². The van der Waals surface area contributed by atoms with Gasteiger partial charge in [-0.25, -0.2) is 0 Å². The quantitative estimate of drug-likeness (QED) is 0.625. The Labute approximate surface area is 69.3 Å². The fourth-order valence-corrected chi connectivity index (χ4v) is 1.50. The Morgan fingerprint density at radius 2 is 2.36 bits per heavy atom. The van der Waals surface area contributed by atoms with Crippen molar-refractivity contribution in [3.8, 4) is 11.1 Å². The van der Waals surface area contributed by atoms with Gasteiger partial charge in [-0.1, -0.05) is 6.07 Å². The number of aromatic nitrogens is 1. The lowest BCUT2D eigenvalue weighted by Crippen LogP contribution is -1.73. The first-order valence-corrected chi connectivity index (χ1v) is 4.20. The third-order valence-corrected chi connectivity index (χ3v) is 2.05. The van der Waals surface area contributed by atoms with E-state index in [2.05, 4.69) is 10.4 Å². The predicted octanol–water partition coefficient (Wildman–Crippen LogP) is 2.61. The SMILES string of the molecule is [c]1sccc1-c1cccnc1. The highest BCUT2D eigenvalue weighted by atomic mass is 32.1. The molecule has 0 fully saturated rings. The summed E-state index contributed by atoms with van der Waals surface area (Å²) in [5.74, 6) is 0. The van der Waals surface area contributed by atoms with Crippen molar-refractivity contribution in [1.29, 1.82) is 0 Å². The highest BCUT2D eigenvalue weighted by Crippen LogP contribution is 2.19. The van der Waals surface area contributed by atoms with Crippen LogP contribution < -0.4 is 0 Å². The average Bonchev–Trinajstić information content (AvgIpc) is 2.58. The molecule has 0 aliphatic rings. The number of hydrogen-bond donors (Lipinski definition) is 0. The van der Waals surface area contributed by atoms with Crippen LogP contribution in [-0.4, -0.2) is 4.98 Å². The number of rotatable bonds is 1. The molecule has 2 rings (SSSR count). The molecule has 0 amide bonds. The molecule has 53 valence electrons. The van der Waals surface area contributed by atoms with Crippen molar-refractivity contribution in [2.75, 3.05) is 0 Å². The van der Waals surface area contributed by atoms with Crippen molar-refractivity contribution >= 4 is 11.3 Å². The fraction of sp³-hybridized carbons (Fsp3) is 0. The average molecular weight is 160 g/mol. The van der Waals surface area contributed by atoms with Gasteiger partial charge in [0.2, 0.25) is 0 Å². The largest absolute Gasteiger partial charge is 0.264 e. The monoisotopic (exact) mass is 160 g/mol. The van der Waals surface area contributed by atoms with E-state index in [-0.39, 0.29) is 0 Å². The van der Waals surface area contributed by atoms with E-state index in [9.17, 15) is 0 Å². The molecular formula is C9H6NS. The lowest BCUT2D eigenvalue weighted by molar-refractivity contribution is 1.33. The highest BCUT2D eigenvalue weighted by molar-refractivity contribution is 7.07. The molecule has 0 N–H and O–H groups in total. The third kappa shape index (κ3) is 1.30. The Kier molecular flexibility index (Phi) is 1.69. The molecule has 0 saturated heterocycles. The topological polar surface area (TPSA) is 12.9 Å². The van der Waals surface area contributed by atoms with Gasteiger partial charge in [0.25, 0.3) is 0 Å². The molecule has 0 atom stereocenters. The molecule has 0 aliphatic carbocycles. The van der Waals surface area contributed by atoms with E-state index in [1.807, 2.05) is 29.8 Å². The molecule has 0 spiro atoms. The predicted molar refractivity (Wildman–Crippen MR) is 46.4 cm³/mol. The molecule has 0 saturated carbocycles. The number of hydrogen-bond acceptors (Lipinski definition) is 2. The van der Waals surface area contributed by atoms with Gasteiger partial charge in [-0.3, -0.25) is 4.98 Å². The maximum absolute atomic E-state index is 4.03. The zero-order valence-corrected chi connectivity index (χ0v) is 6.64. The van der Waals surface area contributed by atoms with Crippen LogP contribution in [0, 0.1) is 5.38 Å². The zero-order valence-electron chi connectivity index (χ0n) is 5.82. The van der Waals surface area contributed by atoms with E-state index in [0.717, 1.165) is 11.1 Å². The van der Waals surface area contributed by atoms with E-state index >= 15 is 0 Å². The van der Waals surface area contributed by atoms with Crippen molar-refractivity contribution in [3.63, 3.8) is 0 Å². The fourth-order valence-electron chi connectivity index (χ4n) is 0.911. The van der Waals surface area contributed by atoms with Crippen LogP contribution in [0.15, 0.2) is 36.0 Å². The Morgan fingerprint density at radius 1 is 1.36 bits per heavy atom. The third-order valence-electron chi connectivity index (χ3n) is 1.44. The minimum absolute atomic E-state index is 1.13. The molecule has 1 nitrogen and oxygen atoms in total. The molecule has 0 unspecified atom stereocenters. The Hall–Kier alpha value is -1.15. The molecule has 1 radical (unpaired) electrons. The summed E-state index contributed by atoms with van der Waals surface area (Å²) in [6.07, 6.45) is 3.62. The van der Waals surface area contributed by atoms with Crippen molar-refractivity contribution in [3.05, 3.63) is 41.4 Å². The summed E-state index contributed by atoms with van der Waals surface area (Å²) in [5, 5.41) is 5.17. The second kappa shape index (κ2) is 2.84. The molecular weight excluding hydrogens is 154 g/mol. The second-order valence-electron chi connectivity index (χ2n) is 2.18. The van der Waals surface area contributed by atoms with Gasteiger partial charge in [-0.05, 0) is 17.5 Å². The van der Waals surface area contributed by atoms with Gasteiger partial charge < -0.3 is 0 Å². The maximum Gasteiger partial charge on any atom is 0.0527 e. The van der Waals surface area contributed by atoms with Gasteiger partial charge in [-0.2, -0.15) is 0 Å². The number of thiophene rings is 1. The summed E-state index contributed by atoms with van der Waals surface area (Å²) in [4.78, 5) is 4.03.